The molecule has 0 aliphatic heterocycles. The number of hydrogen-bond donors (Lipinski definition) is 0. The van der Waals surface area contributed by atoms with Crippen LogP contribution in [0.4, 0.5) is 4.39 Å². The van der Waals surface area contributed by atoms with Gasteiger partial charge in [0.05, 0.1) is 16.6 Å². The lowest BCUT2D eigenvalue weighted by Gasteiger charge is -2.11. The number of ether oxygens (including phenoxy) is 1. The molecule has 4 rings (SSSR count). The quantitative estimate of drug-likeness (QED) is 0.349. The Labute approximate surface area is 183 Å². The second kappa shape index (κ2) is 8.51. The van der Waals surface area contributed by atoms with Gasteiger partial charge in [-0.25, -0.2) is 4.39 Å². The maximum Gasteiger partial charge on any atom is 0.258 e. The molecule has 0 bridgehead atoms. The van der Waals surface area contributed by atoms with Gasteiger partial charge >= 0.3 is 0 Å². The lowest BCUT2D eigenvalue weighted by atomic mass is 10.0. The van der Waals surface area contributed by atoms with Crippen LogP contribution in [0.15, 0.2) is 41.1 Å². The first-order chi connectivity index (χ1) is 14.9. The highest BCUT2D eigenvalue weighted by Gasteiger charge is 2.20. The second-order valence-corrected chi connectivity index (χ2v) is 7.93. The van der Waals surface area contributed by atoms with Crippen molar-refractivity contribution < 1.29 is 18.4 Å². The molecule has 0 aliphatic carbocycles. The minimum absolute atomic E-state index is 0.000880. The normalized spacial score (nSPS) is 11.4. The van der Waals surface area contributed by atoms with Crippen molar-refractivity contribution in [2.45, 2.75) is 32.8 Å². The number of rotatable bonds is 7. The van der Waals surface area contributed by atoms with E-state index in [0.717, 1.165) is 11.8 Å². The average molecular weight is 442 g/mol. The topological polar surface area (TPSA) is 70.2 Å². The molecular formula is C23H21ClFN3O3. The zero-order valence-corrected chi connectivity index (χ0v) is 18.1. The number of carbonyl (C=O) groups is 1. The first-order valence-corrected chi connectivity index (χ1v) is 10.3. The van der Waals surface area contributed by atoms with Gasteiger partial charge in [-0.1, -0.05) is 16.8 Å². The van der Waals surface area contributed by atoms with Crippen LogP contribution in [0.5, 0.6) is 5.75 Å². The van der Waals surface area contributed by atoms with Crippen molar-refractivity contribution in [2.24, 2.45) is 7.05 Å². The molecule has 0 N–H and O–H groups in total. The van der Waals surface area contributed by atoms with Crippen molar-refractivity contribution in [3.8, 4) is 28.6 Å². The van der Waals surface area contributed by atoms with Crippen molar-refractivity contribution in [2.75, 3.05) is 0 Å². The van der Waals surface area contributed by atoms with Gasteiger partial charge < -0.3 is 18.6 Å². The number of halogens is 2. The first kappa shape index (κ1) is 21.1. The van der Waals surface area contributed by atoms with Crippen molar-refractivity contribution in [1.29, 1.82) is 0 Å². The minimum Gasteiger partial charge on any atom is -0.489 e. The molecule has 0 radical (unpaired) electrons. The Kier molecular flexibility index (Phi) is 5.78. The van der Waals surface area contributed by atoms with Gasteiger partial charge in [-0.3, -0.25) is 0 Å². The van der Waals surface area contributed by atoms with Crippen molar-refractivity contribution in [1.82, 2.24) is 14.7 Å². The molecule has 2 aromatic carbocycles. The van der Waals surface area contributed by atoms with Gasteiger partial charge in [0.25, 0.3) is 5.89 Å². The van der Waals surface area contributed by atoms with E-state index in [4.69, 9.17) is 20.9 Å². The molecular weight excluding hydrogens is 421 g/mol. The fraction of sp³-hybridized carbons (Fsp3) is 0.261. The van der Waals surface area contributed by atoms with Gasteiger partial charge in [0.2, 0.25) is 5.82 Å². The van der Waals surface area contributed by atoms with Gasteiger partial charge in [0.15, 0.2) is 0 Å². The third kappa shape index (κ3) is 4.05. The summed E-state index contributed by atoms with van der Waals surface area (Å²) in [6.45, 7) is 3.85. The van der Waals surface area contributed by atoms with Crippen LogP contribution in [-0.2, 0) is 18.3 Å². The highest BCUT2D eigenvalue weighted by Crippen LogP contribution is 2.35. The summed E-state index contributed by atoms with van der Waals surface area (Å²) in [7, 11) is 1.82. The smallest absolute Gasteiger partial charge is 0.258 e. The van der Waals surface area contributed by atoms with E-state index in [-0.39, 0.29) is 11.9 Å². The molecule has 4 aromatic rings. The van der Waals surface area contributed by atoms with Crippen LogP contribution in [0.2, 0.25) is 5.02 Å². The third-order valence-electron chi connectivity index (χ3n) is 4.89. The van der Waals surface area contributed by atoms with E-state index >= 15 is 0 Å². The van der Waals surface area contributed by atoms with Crippen molar-refractivity contribution >= 4 is 28.8 Å². The number of aldehydes is 1. The molecule has 2 aromatic heterocycles. The molecule has 0 unspecified atom stereocenters. The molecule has 31 heavy (non-hydrogen) atoms. The van der Waals surface area contributed by atoms with Crippen molar-refractivity contribution in [3.63, 3.8) is 0 Å². The van der Waals surface area contributed by atoms with E-state index in [1.165, 1.54) is 6.07 Å². The van der Waals surface area contributed by atoms with Crippen LogP contribution in [0, 0.1) is 5.82 Å². The monoisotopic (exact) mass is 441 g/mol. The fourth-order valence-corrected chi connectivity index (χ4v) is 3.84. The summed E-state index contributed by atoms with van der Waals surface area (Å²) < 4.78 is 27.6. The molecule has 160 valence electrons. The fourth-order valence-electron chi connectivity index (χ4n) is 3.62. The summed E-state index contributed by atoms with van der Waals surface area (Å²) in [6, 6.07) is 8.27. The first-order valence-electron chi connectivity index (χ1n) is 9.89. The molecule has 8 heteroatoms. The summed E-state index contributed by atoms with van der Waals surface area (Å²) >= 11 is 6.32. The highest BCUT2D eigenvalue weighted by molar-refractivity contribution is 6.32. The van der Waals surface area contributed by atoms with E-state index < -0.39 is 0 Å². The summed E-state index contributed by atoms with van der Waals surface area (Å²) in [4.78, 5) is 15.3. The van der Waals surface area contributed by atoms with E-state index in [0.29, 0.717) is 57.4 Å². The SMILES string of the molecule is CC(C)Oc1ccc(-c2nc(-c3ccc(F)c4c(CCC=O)cn(C)c34)no2)cc1Cl. The number of aromatic nitrogens is 3. The van der Waals surface area contributed by atoms with Gasteiger partial charge in [-0.15, -0.1) is 0 Å². The Morgan fingerprint density at radius 3 is 2.81 bits per heavy atom. The predicted octanol–water partition coefficient (Wildman–Crippen LogP) is 5.61. The number of benzene rings is 2. The van der Waals surface area contributed by atoms with Gasteiger partial charge in [0, 0.05) is 36.2 Å². The average Bonchev–Trinajstić information content (AvgIpc) is 3.34. The van der Waals surface area contributed by atoms with E-state index in [1.807, 2.05) is 31.7 Å². The highest BCUT2D eigenvalue weighted by atomic mass is 35.5. The van der Waals surface area contributed by atoms with Crippen LogP contribution >= 0.6 is 11.6 Å². The number of aryl methyl sites for hydroxylation is 2. The molecule has 6 nitrogen and oxygen atoms in total. The summed E-state index contributed by atoms with van der Waals surface area (Å²) in [5.74, 6) is 0.853. The predicted molar refractivity (Wildman–Crippen MR) is 117 cm³/mol. The third-order valence-corrected chi connectivity index (χ3v) is 5.19. The summed E-state index contributed by atoms with van der Waals surface area (Å²) in [5.41, 5.74) is 2.70. The molecule has 0 amide bonds. The Bertz CT molecular complexity index is 1260. The lowest BCUT2D eigenvalue weighted by molar-refractivity contribution is -0.107. The van der Waals surface area contributed by atoms with Crippen LogP contribution in [0.1, 0.15) is 25.8 Å². The minimum atomic E-state index is -0.350. The number of carbonyl (C=O) groups excluding carboxylic acids is 1. The molecule has 0 atom stereocenters. The largest absolute Gasteiger partial charge is 0.489 e. The molecule has 0 spiro atoms. The number of fused-ring (bicyclic) bond motifs is 1. The van der Waals surface area contributed by atoms with Crippen LogP contribution < -0.4 is 4.74 Å². The molecule has 0 aliphatic rings. The Hall–Kier alpha value is -3.19. The lowest BCUT2D eigenvalue weighted by Crippen LogP contribution is -2.05. The molecule has 0 saturated heterocycles. The standard InChI is InChI=1S/C23H21ClFN3O3/c1-13(2)30-19-9-6-14(11-17(19)24)23-26-22(27-31-23)16-7-8-18(25)20-15(5-4-10-29)12-28(3)21(16)20/h6-13H,4-5H2,1-3H3. The van der Waals surface area contributed by atoms with E-state index in [2.05, 4.69) is 10.1 Å². The van der Waals surface area contributed by atoms with Crippen LogP contribution in [0.3, 0.4) is 0 Å². The zero-order valence-electron chi connectivity index (χ0n) is 17.4. The van der Waals surface area contributed by atoms with E-state index in [9.17, 15) is 9.18 Å². The maximum atomic E-state index is 14.6. The Morgan fingerprint density at radius 1 is 1.29 bits per heavy atom. The molecule has 2 heterocycles. The summed E-state index contributed by atoms with van der Waals surface area (Å²) in [5, 5.41) is 5.01. The van der Waals surface area contributed by atoms with Gasteiger partial charge in [0.1, 0.15) is 17.9 Å². The van der Waals surface area contributed by atoms with Crippen LogP contribution in [-0.4, -0.2) is 27.1 Å². The molecule has 0 saturated carbocycles. The number of nitrogens with zero attached hydrogens (tertiary/aromatic N) is 3. The summed E-state index contributed by atoms with van der Waals surface area (Å²) in [6.07, 6.45) is 3.44. The van der Waals surface area contributed by atoms with Gasteiger partial charge in [-0.05, 0) is 56.2 Å². The molecule has 0 fully saturated rings. The zero-order chi connectivity index (χ0) is 22.1. The Balaban J connectivity index is 1.74. The van der Waals surface area contributed by atoms with Crippen LogP contribution in [0.25, 0.3) is 33.7 Å². The van der Waals surface area contributed by atoms with Crippen molar-refractivity contribution in [3.05, 3.63) is 52.9 Å². The Morgan fingerprint density at radius 2 is 2.10 bits per heavy atom. The van der Waals surface area contributed by atoms with Gasteiger partial charge in [-0.2, -0.15) is 4.98 Å². The number of hydrogen-bond acceptors (Lipinski definition) is 5. The maximum absolute atomic E-state index is 14.6. The van der Waals surface area contributed by atoms with E-state index in [1.54, 1.807) is 24.3 Å². The second-order valence-electron chi connectivity index (χ2n) is 7.52.